The van der Waals surface area contributed by atoms with E-state index in [1.54, 1.807) is 36.4 Å². The van der Waals surface area contributed by atoms with E-state index < -0.39 is 0 Å². The fourth-order valence-corrected chi connectivity index (χ4v) is 2.17. The Balaban J connectivity index is 2.41. The number of hydrogen-bond acceptors (Lipinski definition) is 4. The van der Waals surface area contributed by atoms with Gasteiger partial charge in [0.25, 0.3) is 0 Å². The number of rotatable bonds is 5. The molecule has 2 aromatic rings. The standard InChI is InChI=1S/C19H16N2O2/c1-2-3-7-19(22)23-18-9-8-15(13-21)11-17(18)16-6-4-5-14(10-16)12-20/h4-6,8-11H,2-3,7H2,1H3. The van der Waals surface area contributed by atoms with Gasteiger partial charge in [0, 0.05) is 12.0 Å². The van der Waals surface area contributed by atoms with E-state index in [1.807, 2.05) is 13.0 Å². The van der Waals surface area contributed by atoms with Gasteiger partial charge in [0.2, 0.25) is 0 Å². The zero-order chi connectivity index (χ0) is 16.7. The van der Waals surface area contributed by atoms with E-state index in [1.165, 1.54) is 0 Å². The van der Waals surface area contributed by atoms with Crippen LogP contribution in [0, 0.1) is 22.7 Å². The lowest BCUT2D eigenvalue weighted by Crippen LogP contribution is -2.08. The Morgan fingerprint density at radius 1 is 1.09 bits per heavy atom. The van der Waals surface area contributed by atoms with Crippen molar-refractivity contribution in [2.45, 2.75) is 26.2 Å². The van der Waals surface area contributed by atoms with Gasteiger partial charge in [0.1, 0.15) is 5.75 Å². The van der Waals surface area contributed by atoms with Crippen molar-refractivity contribution in [1.82, 2.24) is 0 Å². The second kappa shape index (κ2) is 7.77. The van der Waals surface area contributed by atoms with Gasteiger partial charge >= 0.3 is 5.97 Å². The van der Waals surface area contributed by atoms with Crippen LogP contribution in [-0.4, -0.2) is 5.97 Å². The molecule has 0 saturated carbocycles. The summed E-state index contributed by atoms with van der Waals surface area (Å²) in [6.07, 6.45) is 2.04. The number of hydrogen-bond donors (Lipinski definition) is 0. The first-order valence-corrected chi connectivity index (χ1v) is 7.43. The maximum Gasteiger partial charge on any atom is 0.311 e. The van der Waals surface area contributed by atoms with Crippen LogP contribution in [0.2, 0.25) is 0 Å². The topological polar surface area (TPSA) is 73.9 Å². The Labute approximate surface area is 135 Å². The number of unbranched alkanes of at least 4 members (excludes halogenated alkanes) is 1. The largest absolute Gasteiger partial charge is 0.426 e. The fraction of sp³-hybridized carbons (Fsp3) is 0.211. The average Bonchev–Trinajstić information content (AvgIpc) is 2.60. The van der Waals surface area contributed by atoms with Crippen LogP contribution in [0.1, 0.15) is 37.3 Å². The van der Waals surface area contributed by atoms with E-state index in [-0.39, 0.29) is 5.97 Å². The second-order valence-corrected chi connectivity index (χ2v) is 5.09. The van der Waals surface area contributed by atoms with Crippen LogP contribution in [0.25, 0.3) is 11.1 Å². The third-order valence-electron chi connectivity index (χ3n) is 3.37. The van der Waals surface area contributed by atoms with Crippen LogP contribution in [0.4, 0.5) is 0 Å². The van der Waals surface area contributed by atoms with Crippen molar-refractivity contribution in [2.24, 2.45) is 0 Å². The lowest BCUT2D eigenvalue weighted by atomic mass is 10.0. The molecule has 0 heterocycles. The number of ether oxygens (including phenoxy) is 1. The highest BCUT2D eigenvalue weighted by Crippen LogP contribution is 2.32. The van der Waals surface area contributed by atoms with Gasteiger partial charge in [-0.2, -0.15) is 10.5 Å². The molecule has 23 heavy (non-hydrogen) atoms. The Morgan fingerprint density at radius 3 is 2.52 bits per heavy atom. The van der Waals surface area contributed by atoms with Crippen LogP contribution in [0.3, 0.4) is 0 Å². The van der Waals surface area contributed by atoms with Crippen LogP contribution in [-0.2, 0) is 4.79 Å². The summed E-state index contributed by atoms with van der Waals surface area (Å²) >= 11 is 0. The summed E-state index contributed by atoms with van der Waals surface area (Å²) in [6.45, 7) is 2.01. The van der Waals surface area contributed by atoms with Crippen molar-refractivity contribution in [3.05, 3.63) is 53.6 Å². The molecule has 114 valence electrons. The first kappa shape index (κ1) is 16.3. The molecule has 0 radical (unpaired) electrons. The number of esters is 1. The molecule has 4 nitrogen and oxygen atoms in total. The molecule has 0 aliphatic heterocycles. The third kappa shape index (κ3) is 4.18. The zero-order valence-electron chi connectivity index (χ0n) is 12.9. The van der Waals surface area contributed by atoms with Crippen LogP contribution in [0.5, 0.6) is 5.75 Å². The van der Waals surface area contributed by atoms with Gasteiger partial charge in [-0.3, -0.25) is 4.79 Å². The molecule has 0 aromatic heterocycles. The molecule has 0 unspecified atom stereocenters. The number of nitrogens with zero attached hydrogens (tertiary/aromatic N) is 2. The fourth-order valence-electron chi connectivity index (χ4n) is 2.17. The minimum absolute atomic E-state index is 0.297. The summed E-state index contributed by atoms with van der Waals surface area (Å²) in [5.41, 5.74) is 2.34. The van der Waals surface area contributed by atoms with Crippen molar-refractivity contribution in [3.8, 4) is 29.0 Å². The zero-order valence-corrected chi connectivity index (χ0v) is 12.9. The molecular formula is C19H16N2O2. The average molecular weight is 304 g/mol. The quantitative estimate of drug-likeness (QED) is 0.613. The van der Waals surface area contributed by atoms with E-state index in [9.17, 15) is 4.79 Å². The SMILES string of the molecule is CCCCC(=O)Oc1ccc(C#N)cc1-c1cccc(C#N)c1. The Morgan fingerprint density at radius 2 is 1.83 bits per heavy atom. The summed E-state index contributed by atoms with van der Waals surface area (Å²) in [7, 11) is 0. The van der Waals surface area contributed by atoms with Gasteiger partial charge in [0.05, 0.1) is 23.3 Å². The molecule has 0 bridgehead atoms. The molecule has 0 N–H and O–H groups in total. The van der Waals surface area contributed by atoms with Crippen LogP contribution >= 0.6 is 0 Å². The summed E-state index contributed by atoms with van der Waals surface area (Å²) in [5.74, 6) is 0.106. The summed E-state index contributed by atoms with van der Waals surface area (Å²) in [5, 5.41) is 18.1. The van der Waals surface area contributed by atoms with Gasteiger partial charge in [-0.1, -0.05) is 25.5 Å². The summed E-state index contributed by atoms with van der Waals surface area (Å²) in [6, 6.07) is 16.0. The number of benzene rings is 2. The Bertz CT molecular complexity index is 798. The normalized spacial score (nSPS) is 9.70. The van der Waals surface area contributed by atoms with Crippen molar-refractivity contribution in [3.63, 3.8) is 0 Å². The number of carbonyl (C=O) groups excluding carboxylic acids is 1. The minimum Gasteiger partial charge on any atom is -0.426 e. The van der Waals surface area contributed by atoms with Gasteiger partial charge in [0.15, 0.2) is 0 Å². The number of nitriles is 2. The molecule has 2 aromatic carbocycles. The highest BCUT2D eigenvalue weighted by Gasteiger charge is 2.12. The van der Waals surface area contributed by atoms with E-state index in [0.717, 1.165) is 18.4 Å². The first-order valence-electron chi connectivity index (χ1n) is 7.43. The van der Waals surface area contributed by atoms with Gasteiger partial charge in [-0.05, 0) is 42.3 Å². The van der Waals surface area contributed by atoms with E-state index in [4.69, 9.17) is 15.3 Å². The maximum absolute atomic E-state index is 11.9. The molecule has 2 rings (SSSR count). The smallest absolute Gasteiger partial charge is 0.311 e. The second-order valence-electron chi connectivity index (χ2n) is 5.09. The van der Waals surface area contributed by atoms with Crippen LogP contribution < -0.4 is 4.74 Å². The molecule has 4 heteroatoms. The van der Waals surface area contributed by atoms with E-state index in [0.29, 0.717) is 28.9 Å². The van der Waals surface area contributed by atoms with Gasteiger partial charge in [-0.25, -0.2) is 0 Å². The number of carbonyl (C=O) groups is 1. The van der Waals surface area contributed by atoms with Crippen LogP contribution in [0.15, 0.2) is 42.5 Å². The molecule has 0 spiro atoms. The summed E-state index contributed by atoms with van der Waals surface area (Å²) < 4.78 is 5.44. The van der Waals surface area contributed by atoms with Crippen molar-refractivity contribution in [2.75, 3.05) is 0 Å². The molecule has 0 saturated heterocycles. The Kier molecular flexibility index (Phi) is 5.50. The van der Waals surface area contributed by atoms with Gasteiger partial charge < -0.3 is 4.74 Å². The van der Waals surface area contributed by atoms with E-state index >= 15 is 0 Å². The molecule has 0 atom stereocenters. The first-order chi connectivity index (χ1) is 11.2. The Hall–Kier alpha value is -3.11. The lowest BCUT2D eigenvalue weighted by molar-refractivity contribution is -0.134. The predicted octanol–water partition coefficient (Wildman–Crippen LogP) is 4.19. The summed E-state index contributed by atoms with van der Waals surface area (Å²) in [4.78, 5) is 11.9. The van der Waals surface area contributed by atoms with Crippen molar-refractivity contribution >= 4 is 5.97 Å². The maximum atomic E-state index is 11.9. The van der Waals surface area contributed by atoms with E-state index in [2.05, 4.69) is 12.1 Å². The molecule has 0 amide bonds. The molecule has 0 aliphatic carbocycles. The molecule has 0 aliphatic rings. The monoisotopic (exact) mass is 304 g/mol. The minimum atomic E-state index is -0.297. The highest BCUT2D eigenvalue weighted by molar-refractivity contribution is 5.79. The predicted molar refractivity (Wildman–Crippen MR) is 86.5 cm³/mol. The molecular weight excluding hydrogens is 288 g/mol. The van der Waals surface area contributed by atoms with Crippen molar-refractivity contribution < 1.29 is 9.53 Å². The lowest BCUT2D eigenvalue weighted by Gasteiger charge is -2.11. The third-order valence-corrected chi connectivity index (χ3v) is 3.37. The van der Waals surface area contributed by atoms with Gasteiger partial charge in [-0.15, -0.1) is 0 Å². The van der Waals surface area contributed by atoms with Crippen molar-refractivity contribution in [1.29, 1.82) is 10.5 Å². The highest BCUT2D eigenvalue weighted by atomic mass is 16.5. The molecule has 0 fully saturated rings.